The highest BCUT2D eigenvalue weighted by Gasteiger charge is 2.13. The van der Waals surface area contributed by atoms with E-state index in [9.17, 15) is 4.79 Å². The molecule has 100 valence electrons. The molecule has 0 aliphatic heterocycles. The molecule has 0 aliphatic carbocycles. The Bertz CT molecular complexity index is 588. The van der Waals surface area contributed by atoms with Crippen molar-refractivity contribution in [3.8, 4) is 0 Å². The standard InChI is InChI=1S/C14H16N2O2S/c1-8(2)10-4-6-11(7-5-10)16-14-15-9(3)12(19-14)13(17)18/h4-8H,1-3H3,(H,15,16)(H,17,18). The Labute approximate surface area is 116 Å². The van der Waals surface area contributed by atoms with Gasteiger partial charge in [0.05, 0.1) is 5.69 Å². The van der Waals surface area contributed by atoms with E-state index in [1.165, 1.54) is 5.56 Å². The van der Waals surface area contributed by atoms with Crippen molar-refractivity contribution in [1.82, 2.24) is 4.98 Å². The maximum absolute atomic E-state index is 10.9. The van der Waals surface area contributed by atoms with E-state index in [0.717, 1.165) is 17.0 Å². The van der Waals surface area contributed by atoms with Gasteiger partial charge in [-0.1, -0.05) is 37.3 Å². The summed E-state index contributed by atoms with van der Waals surface area (Å²) >= 11 is 1.15. The van der Waals surface area contributed by atoms with E-state index in [2.05, 4.69) is 36.3 Å². The minimum atomic E-state index is -0.932. The van der Waals surface area contributed by atoms with Crippen LogP contribution in [0, 0.1) is 6.92 Å². The van der Waals surface area contributed by atoms with E-state index in [0.29, 0.717) is 16.7 Å². The van der Waals surface area contributed by atoms with Gasteiger partial charge in [-0.25, -0.2) is 9.78 Å². The van der Waals surface area contributed by atoms with Crippen molar-refractivity contribution in [1.29, 1.82) is 0 Å². The zero-order valence-corrected chi connectivity index (χ0v) is 11.9. The molecule has 2 N–H and O–H groups in total. The van der Waals surface area contributed by atoms with Crippen molar-refractivity contribution in [2.75, 3.05) is 5.32 Å². The highest BCUT2D eigenvalue weighted by atomic mass is 32.1. The summed E-state index contributed by atoms with van der Waals surface area (Å²) in [6.45, 7) is 5.99. The minimum Gasteiger partial charge on any atom is -0.477 e. The summed E-state index contributed by atoms with van der Waals surface area (Å²) in [5, 5.41) is 12.7. The summed E-state index contributed by atoms with van der Waals surface area (Å²) in [5.74, 6) is -0.437. The van der Waals surface area contributed by atoms with E-state index >= 15 is 0 Å². The van der Waals surface area contributed by atoms with Gasteiger partial charge in [-0.15, -0.1) is 0 Å². The molecule has 1 heterocycles. The van der Waals surface area contributed by atoms with Crippen molar-refractivity contribution in [2.45, 2.75) is 26.7 Å². The summed E-state index contributed by atoms with van der Waals surface area (Å²) in [7, 11) is 0. The summed E-state index contributed by atoms with van der Waals surface area (Å²) in [4.78, 5) is 15.4. The van der Waals surface area contributed by atoms with Gasteiger partial charge in [0.2, 0.25) is 0 Å². The van der Waals surface area contributed by atoms with Gasteiger partial charge in [0.1, 0.15) is 4.88 Å². The number of rotatable bonds is 4. The Kier molecular flexibility index (Phi) is 3.85. The van der Waals surface area contributed by atoms with E-state index < -0.39 is 5.97 Å². The van der Waals surface area contributed by atoms with Crippen LogP contribution in [-0.2, 0) is 0 Å². The molecule has 0 radical (unpaired) electrons. The molecular weight excluding hydrogens is 260 g/mol. The predicted molar refractivity (Wildman–Crippen MR) is 77.6 cm³/mol. The number of anilines is 2. The molecule has 0 saturated heterocycles. The molecule has 0 aliphatic rings. The van der Waals surface area contributed by atoms with Crippen molar-refractivity contribution in [3.63, 3.8) is 0 Å². The van der Waals surface area contributed by atoms with Crippen LogP contribution in [0.2, 0.25) is 0 Å². The fourth-order valence-corrected chi connectivity index (χ4v) is 2.55. The highest BCUT2D eigenvalue weighted by molar-refractivity contribution is 7.17. The number of thiazole rings is 1. The molecule has 4 nitrogen and oxygen atoms in total. The van der Waals surface area contributed by atoms with Crippen LogP contribution in [0.4, 0.5) is 10.8 Å². The van der Waals surface area contributed by atoms with Crippen LogP contribution < -0.4 is 5.32 Å². The third-order valence-electron chi connectivity index (χ3n) is 2.82. The van der Waals surface area contributed by atoms with E-state index in [1.54, 1.807) is 6.92 Å². The molecule has 2 aromatic rings. The van der Waals surface area contributed by atoms with Gasteiger partial charge in [-0.3, -0.25) is 0 Å². The van der Waals surface area contributed by atoms with E-state index in [4.69, 9.17) is 5.11 Å². The first-order valence-corrected chi connectivity index (χ1v) is 6.86. The lowest BCUT2D eigenvalue weighted by Gasteiger charge is -2.07. The van der Waals surface area contributed by atoms with Gasteiger partial charge in [-0.2, -0.15) is 0 Å². The topological polar surface area (TPSA) is 62.2 Å². The molecule has 0 bridgehead atoms. The number of nitrogens with zero attached hydrogens (tertiary/aromatic N) is 1. The van der Waals surface area contributed by atoms with Gasteiger partial charge in [-0.05, 0) is 30.5 Å². The van der Waals surface area contributed by atoms with Crippen LogP contribution in [0.1, 0.15) is 40.7 Å². The van der Waals surface area contributed by atoms with Crippen molar-refractivity contribution in [3.05, 3.63) is 40.4 Å². The lowest BCUT2D eigenvalue weighted by atomic mass is 10.0. The molecule has 2 rings (SSSR count). The number of aromatic nitrogens is 1. The quantitative estimate of drug-likeness (QED) is 0.885. The van der Waals surface area contributed by atoms with Crippen molar-refractivity contribution >= 4 is 28.1 Å². The second-order valence-electron chi connectivity index (χ2n) is 4.64. The van der Waals surface area contributed by atoms with Gasteiger partial charge < -0.3 is 10.4 Å². The first-order chi connectivity index (χ1) is 8.97. The fraction of sp³-hybridized carbons (Fsp3) is 0.286. The molecule has 19 heavy (non-hydrogen) atoms. The van der Waals surface area contributed by atoms with Gasteiger partial charge in [0.25, 0.3) is 0 Å². The van der Waals surface area contributed by atoms with E-state index in [1.807, 2.05) is 12.1 Å². The predicted octanol–water partition coefficient (Wildman–Crippen LogP) is 4.02. The zero-order valence-electron chi connectivity index (χ0n) is 11.1. The molecule has 5 heteroatoms. The van der Waals surface area contributed by atoms with Crippen molar-refractivity contribution < 1.29 is 9.90 Å². The van der Waals surface area contributed by atoms with Crippen LogP contribution in [0.15, 0.2) is 24.3 Å². The average molecular weight is 276 g/mol. The van der Waals surface area contributed by atoms with E-state index in [-0.39, 0.29) is 4.88 Å². The van der Waals surface area contributed by atoms with Gasteiger partial charge >= 0.3 is 5.97 Å². The smallest absolute Gasteiger partial charge is 0.347 e. The number of aryl methyl sites for hydroxylation is 1. The molecular formula is C14H16N2O2S. The van der Waals surface area contributed by atoms with Gasteiger partial charge in [0.15, 0.2) is 5.13 Å². The third kappa shape index (κ3) is 3.12. The van der Waals surface area contributed by atoms with Crippen LogP contribution in [0.5, 0.6) is 0 Å². The van der Waals surface area contributed by atoms with Crippen LogP contribution in [-0.4, -0.2) is 16.1 Å². The minimum absolute atomic E-state index is 0.279. The summed E-state index contributed by atoms with van der Waals surface area (Å²) < 4.78 is 0. The lowest BCUT2D eigenvalue weighted by Crippen LogP contribution is -1.94. The first-order valence-electron chi connectivity index (χ1n) is 6.05. The summed E-state index contributed by atoms with van der Waals surface area (Å²) in [6.07, 6.45) is 0. The van der Waals surface area contributed by atoms with Crippen LogP contribution in [0.3, 0.4) is 0 Å². The van der Waals surface area contributed by atoms with Crippen molar-refractivity contribution in [2.24, 2.45) is 0 Å². The molecule has 0 unspecified atom stereocenters. The summed E-state index contributed by atoms with van der Waals surface area (Å²) in [5.41, 5.74) is 2.72. The number of aromatic carboxylic acids is 1. The normalized spacial score (nSPS) is 10.7. The first kappa shape index (κ1) is 13.5. The van der Waals surface area contributed by atoms with Crippen LogP contribution in [0.25, 0.3) is 0 Å². The Morgan fingerprint density at radius 2 is 1.95 bits per heavy atom. The Balaban J connectivity index is 2.17. The Morgan fingerprint density at radius 1 is 1.32 bits per heavy atom. The molecule has 0 fully saturated rings. The Morgan fingerprint density at radius 3 is 2.42 bits per heavy atom. The molecule has 0 spiro atoms. The molecule has 1 aromatic carbocycles. The molecule has 0 saturated carbocycles. The fourth-order valence-electron chi connectivity index (χ4n) is 1.72. The maximum Gasteiger partial charge on any atom is 0.347 e. The number of nitrogens with one attached hydrogen (secondary N) is 1. The van der Waals surface area contributed by atoms with Gasteiger partial charge in [0, 0.05) is 5.69 Å². The second-order valence-corrected chi connectivity index (χ2v) is 5.64. The highest BCUT2D eigenvalue weighted by Crippen LogP contribution is 2.26. The maximum atomic E-state index is 10.9. The third-order valence-corrected chi connectivity index (χ3v) is 3.88. The largest absolute Gasteiger partial charge is 0.477 e. The number of benzene rings is 1. The van der Waals surface area contributed by atoms with Crippen LogP contribution >= 0.6 is 11.3 Å². The summed E-state index contributed by atoms with van der Waals surface area (Å²) in [6, 6.07) is 8.08. The monoisotopic (exact) mass is 276 g/mol. The number of carboxylic acid groups (broad SMARTS) is 1. The molecule has 0 amide bonds. The SMILES string of the molecule is Cc1nc(Nc2ccc(C(C)C)cc2)sc1C(=O)O. The number of carboxylic acids is 1. The number of hydrogen-bond acceptors (Lipinski definition) is 4. The number of carbonyl (C=O) groups is 1. The lowest BCUT2D eigenvalue weighted by molar-refractivity contribution is 0.0701. The second kappa shape index (κ2) is 5.40. The average Bonchev–Trinajstić information content (AvgIpc) is 2.71. The molecule has 1 aromatic heterocycles. The molecule has 0 atom stereocenters. The Hall–Kier alpha value is -1.88. The number of hydrogen-bond donors (Lipinski definition) is 2. The zero-order chi connectivity index (χ0) is 14.0.